The van der Waals surface area contributed by atoms with Gasteiger partial charge in [0.05, 0.1) is 11.6 Å². The number of thiazole rings is 1. The number of carbonyl (C=O) groups is 1. The van der Waals surface area contributed by atoms with Crippen LogP contribution in [0.1, 0.15) is 25.5 Å². The van der Waals surface area contributed by atoms with E-state index in [2.05, 4.69) is 4.98 Å². The van der Waals surface area contributed by atoms with Crippen LogP contribution in [-0.2, 0) is 4.79 Å². The van der Waals surface area contributed by atoms with Crippen LogP contribution >= 0.6 is 23.1 Å². The van der Waals surface area contributed by atoms with Gasteiger partial charge in [-0.05, 0) is 12.7 Å². The molecule has 72 valence electrons. The summed E-state index contributed by atoms with van der Waals surface area (Å²) in [4.78, 5) is 14.8. The van der Waals surface area contributed by atoms with Gasteiger partial charge in [-0.15, -0.1) is 11.3 Å². The Morgan fingerprint density at radius 3 is 3.08 bits per heavy atom. The highest BCUT2D eigenvalue weighted by Gasteiger charge is 2.16. The number of thioether (sulfide) groups is 1. The number of hydrogen-bond donors (Lipinski definition) is 1. The van der Waals surface area contributed by atoms with Crippen molar-refractivity contribution in [3.8, 4) is 0 Å². The van der Waals surface area contributed by atoms with E-state index in [1.165, 1.54) is 11.3 Å². The van der Waals surface area contributed by atoms with Gasteiger partial charge in [0.2, 0.25) is 0 Å². The van der Waals surface area contributed by atoms with E-state index in [0.29, 0.717) is 5.69 Å². The van der Waals surface area contributed by atoms with E-state index in [0.717, 1.165) is 10.1 Å². The first kappa shape index (κ1) is 10.5. The Balaban J connectivity index is 2.73. The number of nitrogens with zero attached hydrogens (tertiary/aromatic N) is 1. The van der Waals surface area contributed by atoms with E-state index in [1.807, 2.05) is 12.3 Å². The molecular weight excluding hydrogens is 206 g/mol. The van der Waals surface area contributed by atoms with E-state index < -0.39 is 11.9 Å². The summed E-state index contributed by atoms with van der Waals surface area (Å²) in [5.74, 6) is -0.352. The third-order valence-electron chi connectivity index (χ3n) is 1.58. The number of aromatic nitrogens is 1. The molecule has 1 aromatic rings. The lowest BCUT2D eigenvalue weighted by Gasteiger charge is -1.99. The normalized spacial score (nSPS) is 12.8. The van der Waals surface area contributed by atoms with Gasteiger partial charge in [0, 0.05) is 5.38 Å². The first-order valence-corrected chi connectivity index (χ1v) is 5.82. The molecule has 0 aromatic carbocycles. The Morgan fingerprint density at radius 2 is 2.54 bits per heavy atom. The highest BCUT2D eigenvalue weighted by Crippen LogP contribution is 2.25. The van der Waals surface area contributed by atoms with Gasteiger partial charge in [0.25, 0.3) is 0 Å². The van der Waals surface area contributed by atoms with Crippen LogP contribution in [0.3, 0.4) is 0 Å². The van der Waals surface area contributed by atoms with Crippen LogP contribution in [0.4, 0.5) is 0 Å². The van der Waals surface area contributed by atoms with Crippen LogP contribution in [0.5, 0.6) is 0 Å². The number of hydrogen-bond acceptors (Lipinski definition) is 4. The van der Waals surface area contributed by atoms with Crippen molar-refractivity contribution in [1.29, 1.82) is 0 Å². The molecule has 5 heteroatoms. The molecule has 13 heavy (non-hydrogen) atoms. The summed E-state index contributed by atoms with van der Waals surface area (Å²) in [6.07, 6.45) is 0. The Hall–Kier alpha value is -0.550. The maximum absolute atomic E-state index is 10.6. The van der Waals surface area contributed by atoms with Crippen LogP contribution in [0, 0.1) is 0 Å². The average Bonchev–Trinajstić information content (AvgIpc) is 2.52. The predicted molar refractivity (Wildman–Crippen MR) is 54.6 cm³/mol. The molecular formula is C8H11NO2S2. The summed E-state index contributed by atoms with van der Waals surface area (Å²) in [5.41, 5.74) is 0.661. The molecule has 3 nitrogen and oxygen atoms in total. The third-order valence-corrected chi connectivity index (χ3v) is 3.50. The minimum absolute atomic E-state index is 0.498. The second-order valence-corrected chi connectivity index (χ2v) is 4.90. The second-order valence-electron chi connectivity index (χ2n) is 2.53. The molecule has 0 aliphatic carbocycles. The molecule has 1 N–H and O–H groups in total. The van der Waals surface area contributed by atoms with Crippen molar-refractivity contribution in [2.24, 2.45) is 0 Å². The first-order chi connectivity index (χ1) is 6.15. The minimum atomic E-state index is -0.821. The predicted octanol–water partition coefficient (Wildman–Crippen LogP) is 2.44. The maximum atomic E-state index is 10.6. The van der Waals surface area contributed by atoms with Crippen molar-refractivity contribution in [2.45, 2.75) is 24.1 Å². The van der Waals surface area contributed by atoms with E-state index >= 15 is 0 Å². The fraction of sp³-hybridized carbons (Fsp3) is 0.500. The fourth-order valence-corrected chi connectivity index (χ4v) is 2.61. The fourth-order valence-electron chi connectivity index (χ4n) is 0.784. The smallest absolute Gasteiger partial charge is 0.312 e. The van der Waals surface area contributed by atoms with Crippen LogP contribution in [0.2, 0.25) is 0 Å². The Labute approximate surface area is 85.2 Å². The molecule has 0 saturated carbocycles. The maximum Gasteiger partial charge on any atom is 0.312 e. The lowest BCUT2D eigenvalue weighted by molar-refractivity contribution is -0.138. The highest BCUT2D eigenvalue weighted by molar-refractivity contribution is 8.00. The Bertz CT molecular complexity index is 298. The van der Waals surface area contributed by atoms with Crippen molar-refractivity contribution in [3.05, 3.63) is 11.1 Å². The molecule has 1 atom stereocenters. The van der Waals surface area contributed by atoms with Crippen molar-refractivity contribution < 1.29 is 9.90 Å². The number of aliphatic carboxylic acids is 1. The Kier molecular flexibility index (Phi) is 3.74. The first-order valence-electron chi connectivity index (χ1n) is 3.96. The van der Waals surface area contributed by atoms with Crippen molar-refractivity contribution in [1.82, 2.24) is 4.98 Å². The lowest BCUT2D eigenvalue weighted by atomic mass is 10.1. The molecule has 0 radical (unpaired) electrons. The van der Waals surface area contributed by atoms with Crippen molar-refractivity contribution in [2.75, 3.05) is 5.75 Å². The summed E-state index contributed by atoms with van der Waals surface area (Å²) in [6, 6.07) is 0. The number of carboxylic acid groups (broad SMARTS) is 1. The van der Waals surface area contributed by atoms with Crippen molar-refractivity contribution in [3.63, 3.8) is 0 Å². The van der Waals surface area contributed by atoms with E-state index in [1.54, 1.807) is 18.7 Å². The van der Waals surface area contributed by atoms with Crippen LogP contribution in [0.15, 0.2) is 9.72 Å². The Morgan fingerprint density at radius 1 is 1.85 bits per heavy atom. The largest absolute Gasteiger partial charge is 0.481 e. The minimum Gasteiger partial charge on any atom is -0.481 e. The van der Waals surface area contributed by atoms with Crippen LogP contribution < -0.4 is 0 Å². The average molecular weight is 217 g/mol. The zero-order valence-electron chi connectivity index (χ0n) is 7.48. The second kappa shape index (κ2) is 4.62. The SMILES string of the molecule is CCSc1nc(C(C)C(=O)O)cs1. The summed E-state index contributed by atoms with van der Waals surface area (Å²) < 4.78 is 0.950. The third kappa shape index (κ3) is 2.70. The molecule has 0 fully saturated rings. The van der Waals surface area contributed by atoms with Crippen LogP contribution in [0.25, 0.3) is 0 Å². The molecule has 1 heterocycles. The molecule has 1 unspecified atom stereocenters. The molecule has 1 rings (SSSR count). The monoisotopic (exact) mass is 217 g/mol. The standard InChI is InChI=1S/C8H11NO2S2/c1-3-12-8-9-6(4-13-8)5(2)7(10)11/h4-5H,3H2,1-2H3,(H,10,11). The van der Waals surface area contributed by atoms with E-state index in [9.17, 15) is 4.79 Å². The van der Waals surface area contributed by atoms with E-state index in [-0.39, 0.29) is 0 Å². The molecule has 0 spiro atoms. The molecule has 1 aromatic heterocycles. The topological polar surface area (TPSA) is 50.2 Å². The van der Waals surface area contributed by atoms with E-state index in [4.69, 9.17) is 5.11 Å². The molecule has 0 saturated heterocycles. The quantitative estimate of drug-likeness (QED) is 0.787. The lowest BCUT2D eigenvalue weighted by Crippen LogP contribution is -2.07. The summed E-state index contributed by atoms with van der Waals surface area (Å²) >= 11 is 3.15. The zero-order chi connectivity index (χ0) is 9.84. The number of rotatable bonds is 4. The molecule has 0 aliphatic heterocycles. The van der Waals surface area contributed by atoms with Gasteiger partial charge in [0.1, 0.15) is 4.34 Å². The zero-order valence-corrected chi connectivity index (χ0v) is 9.11. The van der Waals surface area contributed by atoms with Gasteiger partial charge < -0.3 is 5.11 Å². The molecule has 0 bridgehead atoms. The summed E-state index contributed by atoms with van der Waals surface area (Å²) in [7, 11) is 0. The van der Waals surface area contributed by atoms with Gasteiger partial charge in [-0.25, -0.2) is 4.98 Å². The summed E-state index contributed by atoms with van der Waals surface area (Å²) in [5, 5.41) is 10.5. The van der Waals surface area contributed by atoms with Gasteiger partial charge in [-0.2, -0.15) is 0 Å². The van der Waals surface area contributed by atoms with Crippen LogP contribution in [-0.4, -0.2) is 21.8 Å². The molecule has 0 amide bonds. The van der Waals surface area contributed by atoms with Crippen molar-refractivity contribution >= 4 is 29.1 Å². The van der Waals surface area contributed by atoms with Gasteiger partial charge >= 0.3 is 5.97 Å². The highest BCUT2D eigenvalue weighted by atomic mass is 32.2. The number of carboxylic acids is 1. The van der Waals surface area contributed by atoms with Gasteiger partial charge in [-0.3, -0.25) is 4.79 Å². The van der Waals surface area contributed by atoms with Gasteiger partial charge in [-0.1, -0.05) is 18.7 Å². The molecule has 0 aliphatic rings. The summed E-state index contributed by atoms with van der Waals surface area (Å²) in [6.45, 7) is 3.70. The van der Waals surface area contributed by atoms with Gasteiger partial charge in [0.15, 0.2) is 0 Å².